The molecule has 0 spiro atoms. The molecule has 66 valence electrons. The maximum Gasteiger partial charge on any atom is 0.221 e. The van der Waals surface area contributed by atoms with Gasteiger partial charge in [-0.3, -0.25) is 4.79 Å². The van der Waals surface area contributed by atoms with Crippen LogP contribution in [0.2, 0.25) is 0 Å². The highest BCUT2D eigenvalue weighted by molar-refractivity contribution is 9.11. The summed E-state index contributed by atoms with van der Waals surface area (Å²) in [7, 11) is 3.03. The minimum atomic E-state index is -0.923. The molecule has 0 atom stereocenters. The van der Waals surface area contributed by atoms with E-state index >= 15 is 0 Å². The predicted molar refractivity (Wildman–Crippen MR) is 47.9 cm³/mol. The minimum Gasteiger partial charge on any atom is -0.346 e. The second kappa shape index (κ2) is 3.51. The van der Waals surface area contributed by atoms with Crippen molar-refractivity contribution in [1.82, 2.24) is 0 Å². The topological polar surface area (TPSA) is 35.5 Å². The Balaban J connectivity index is 2.99. The lowest BCUT2D eigenvalue weighted by Gasteiger charge is -2.28. The molecule has 1 rings (SSSR count). The molecule has 4 heteroatoms. The Morgan fingerprint density at radius 1 is 1.42 bits per heavy atom. The maximum absolute atomic E-state index is 10.9. The van der Waals surface area contributed by atoms with Crippen LogP contribution in [0, 0.1) is 0 Å². The molecule has 0 unspecified atom stereocenters. The van der Waals surface area contributed by atoms with E-state index in [1.165, 1.54) is 26.4 Å². The lowest BCUT2D eigenvalue weighted by molar-refractivity contribution is -0.138. The number of ether oxygens (including phenoxy) is 2. The average molecular weight is 233 g/mol. The van der Waals surface area contributed by atoms with Crippen molar-refractivity contribution < 1.29 is 14.3 Å². The lowest BCUT2D eigenvalue weighted by Crippen LogP contribution is -2.33. The monoisotopic (exact) mass is 232 g/mol. The standard InChI is InChI=1S/C8H9BrO3/c1-11-8(12-2)4-3-6(10)5-7(8)9/h3-5H,1-2H3. The number of rotatable bonds is 2. The molecule has 0 aromatic heterocycles. The molecule has 0 aromatic rings. The maximum atomic E-state index is 10.9. The van der Waals surface area contributed by atoms with Crippen LogP contribution in [0.3, 0.4) is 0 Å². The van der Waals surface area contributed by atoms with Crippen LogP contribution >= 0.6 is 15.9 Å². The Labute approximate surface area is 79.2 Å². The van der Waals surface area contributed by atoms with Crippen molar-refractivity contribution in [2.45, 2.75) is 5.79 Å². The van der Waals surface area contributed by atoms with Crippen LogP contribution < -0.4 is 0 Å². The average Bonchev–Trinajstić information content (AvgIpc) is 2.06. The Morgan fingerprint density at radius 2 is 2.00 bits per heavy atom. The molecule has 0 saturated heterocycles. The molecule has 0 N–H and O–H groups in total. The first kappa shape index (κ1) is 9.64. The Morgan fingerprint density at radius 3 is 2.42 bits per heavy atom. The first-order valence-corrected chi connectivity index (χ1v) is 4.15. The van der Waals surface area contributed by atoms with Crippen molar-refractivity contribution in [3.63, 3.8) is 0 Å². The summed E-state index contributed by atoms with van der Waals surface area (Å²) in [5.74, 6) is -1.000. The second-order valence-corrected chi connectivity index (χ2v) is 3.16. The number of methoxy groups -OCH3 is 2. The van der Waals surface area contributed by atoms with E-state index in [1.54, 1.807) is 6.08 Å². The number of carbonyl (C=O) groups is 1. The highest BCUT2D eigenvalue weighted by Gasteiger charge is 2.33. The van der Waals surface area contributed by atoms with E-state index in [2.05, 4.69) is 15.9 Å². The van der Waals surface area contributed by atoms with Crippen LogP contribution in [0.15, 0.2) is 22.7 Å². The largest absolute Gasteiger partial charge is 0.346 e. The second-order valence-electron chi connectivity index (χ2n) is 2.30. The van der Waals surface area contributed by atoms with Gasteiger partial charge < -0.3 is 9.47 Å². The highest BCUT2D eigenvalue weighted by Crippen LogP contribution is 2.31. The van der Waals surface area contributed by atoms with E-state index in [-0.39, 0.29) is 5.78 Å². The molecule has 12 heavy (non-hydrogen) atoms. The molecular formula is C8H9BrO3. The summed E-state index contributed by atoms with van der Waals surface area (Å²) >= 11 is 3.21. The van der Waals surface area contributed by atoms with Crippen molar-refractivity contribution in [1.29, 1.82) is 0 Å². The summed E-state index contributed by atoms with van der Waals surface area (Å²) in [6.45, 7) is 0. The van der Waals surface area contributed by atoms with Gasteiger partial charge >= 0.3 is 0 Å². The van der Waals surface area contributed by atoms with E-state index in [1.807, 2.05) is 0 Å². The highest BCUT2D eigenvalue weighted by atomic mass is 79.9. The van der Waals surface area contributed by atoms with Crippen molar-refractivity contribution in [3.8, 4) is 0 Å². The molecule has 0 saturated carbocycles. The number of allylic oxidation sites excluding steroid dienone is 2. The fraction of sp³-hybridized carbons (Fsp3) is 0.375. The lowest BCUT2D eigenvalue weighted by atomic mass is 10.1. The Kier molecular flexibility index (Phi) is 2.82. The number of ketones is 1. The zero-order valence-electron chi connectivity index (χ0n) is 6.83. The summed E-state index contributed by atoms with van der Waals surface area (Å²) < 4.78 is 10.8. The van der Waals surface area contributed by atoms with E-state index in [4.69, 9.17) is 9.47 Å². The van der Waals surface area contributed by atoms with Gasteiger partial charge in [0.1, 0.15) is 0 Å². The van der Waals surface area contributed by atoms with Crippen molar-refractivity contribution in [2.75, 3.05) is 14.2 Å². The van der Waals surface area contributed by atoms with Gasteiger partial charge in [-0.15, -0.1) is 0 Å². The van der Waals surface area contributed by atoms with Crippen LogP contribution in [-0.2, 0) is 14.3 Å². The summed E-state index contributed by atoms with van der Waals surface area (Å²) in [5, 5.41) is 0. The van der Waals surface area contributed by atoms with Crippen LogP contribution in [0.4, 0.5) is 0 Å². The summed E-state index contributed by atoms with van der Waals surface area (Å²) in [6, 6.07) is 0. The first-order chi connectivity index (χ1) is 5.64. The third kappa shape index (κ3) is 1.50. The van der Waals surface area contributed by atoms with Crippen molar-refractivity contribution >= 4 is 21.7 Å². The molecule has 1 aliphatic carbocycles. The molecular weight excluding hydrogens is 224 g/mol. The molecule has 0 aliphatic heterocycles. The molecule has 0 fully saturated rings. The molecule has 0 heterocycles. The van der Waals surface area contributed by atoms with E-state index in [0.717, 1.165) is 0 Å². The number of hydrogen-bond donors (Lipinski definition) is 0. The zero-order chi connectivity index (χ0) is 9.19. The fourth-order valence-corrected chi connectivity index (χ4v) is 1.64. The predicted octanol–water partition coefficient (Wildman–Crippen LogP) is 1.39. The quantitative estimate of drug-likeness (QED) is 0.676. The van der Waals surface area contributed by atoms with Crippen molar-refractivity contribution in [3.05, 3.63) is 22.7 Å². The molecule has 0 amide bonds. The van der Waals surface area contributed by atoms with E-state index < -0.39 is 5.79 Å². The van der Waals surface area contributed by atoms with Gasteiger partial charge in [0.15, 0.2) is 5.78 Å². The Hall–Kier alpha value is -0.450. The van der Waals surface area contributed by atoms with Crippen molar-refractivity contribution in [2.24, 2.45) is 0 Å². The molecule has 0 radical (unpaired) electrons. The summed E-state index contributed by atoms with van der Waals surface area (Å²) in [5.41, 5.74) is 0. The smallest absolute Gasteiger partial charge is 0.221 e. The third-order valence-electron chi connectivity index (χ3n) is 1.68. The zero-order valence-corrected chi connectivity index (χ0v) is 8.42. The van der Waals surface area contributed by atoms with Gasteiger partial charge in [0, 0.05) is 20.3 Å². The van der Waals surface area contributed by atoms with E-state index in [0.29, 0.717) is 4.48 Å². The van der Waals surface area contributed by atoms with Gasteiger partial charge in [-0.1, -0.05) is 0 Å². The van der Waals surface area contributed by atoms with Crippen LogP contribution in [-0.4, -0.2) is 25.8 Å². The SMILES string of the molecule is COC1(OC)C=CC(=O)C=C1Br. The van der Waals surface area contributed by atoms with Gasteiger partial charge in [-0.2, -0.15) is 0 Å². The molecule has 0 bridgehead atoms. The fourth-order valence-electron chi connectivity index (χ4n) is 0.959. The van der Waals surface area contributed by atoms with Gasteiger partial charge in [0.2, 0.25) is 5.79 Å². The van der Waals surface area contributed by atoms with Crippen LogP contribution in [0.5, 0.6) is 0 Å². The molecule has 3 nitrogen and oxygen atoms in total. The van der Waals surface area contributed by atoms with Gasteiger partial charge in [-0.05, 0) is 28.1 Å². The minimum absolute atomic E-state index is 0.0772. The summed E-state index contributed by atoms with van der Waals surface area (Å²) in [6.07, 6.45) is 4.41. The van der Waals surface area contributed by atoms with Crippen LogP contribution in [0.25, 0.3) is 0 Å². The Bertz CT molecular complexity index is 251. The normalized spacial score (nSPS) is 20.9. The van der Waals surface area contributed by atoms with Gasteiger partial charge in [-0.25, -0.2) is 0 Å². The number of carbonyl (C=O) groups excluding carboxylic acids is 1. The van der Waals surface area contributed by atoms with Gasteiger partial charge in [0.25, 0.3) is 0 Å². The third-order valence-corrected chi connectivity index (χ3v) is 2.46. The molecule has 1 aliphatic rings. The first-order valence-electron chi connectivity index (χ1n) is 3.36. The number of halogens is 1. The van der Waals surface area contributed by atoms with Crippen LogP contribution in [0.1, 0.15) is 0 Å². The number of hydrogen-bond acceptors (Lipinski definition) is 3. The van der Waals surface area contributed by atoms with E-state index in [9.17, 15) is 4.79 Å². The molecule has 0 aromatic carbocycles. The summed E-state index contributed by atoms with van der Waals surface area (Å²) in [4.78, 5) is 10.9. The van der Waals surface area contributed by atoms with Gasteiger partial charge in [0.05, 0.1) is 4.48 Å².